The largest absolute Gasteiger partial charge is 0.330 e. The predicted octanol–water partition coefficient (Wildman–Crippen LogP) is 1.98. The van der Waals surface area contributed by atoms with E-state index >= 15 is 0 Å². The van der Waals surface area contributed by atoms with E-state index in [1.807, 2.05) is 4.90 Å². The first kappa shape index (κ1) is 14.5. The van der Waals surface area contributed by atoms with Gasteiger partial charge in [-0.3, -0.25) is 9.69 Å². The van der Waals surface area contributed by atoms with E-state index < -0.39 is 0 Å². The first-order chi connectivity index (χ1) is 10.3. The molecule has 1 unspecified atom stereocenters. The molecule has 0 saturated carbocycles. The van der Waals surface area contributed by atoms with Gasteiger partial charge in [0.1, 0.15) is 0 Å². The highest BCUT2D eigenvalue weighted by Crippen LogP contribution is 2.25. The van der Waals surface area contributed by atoms with E-state index in [-0.39, 0.29) is 5.91 Å². The molecule has 2 aliphatic heterocycles. The lowest BCUT2D eigenvalue weighted by atomic mass is 10.1. The van der Waals surface area contributed by atoms with Gasteiger partial charge in [0.05, 0.1) is 0 Å². The fourth-order valence-electron chi connectivity index (χ4n) is 3.35. The Kier molecular flexibility index (Phi) is 4.56. The molecular formula is C17H25N3O. The topological polar surface area (TPSA) is 49.6 Å². The van der Waals surface area contributed by atoms with Crippen LogP contribution >= 0.6 is 0 Å². The molecule has 1 amide bonds. The van der Waals surface area contributed by atoms with Gasteiger partial charge in [0.2, 0.25) is 5.91 Å². The number of likely N-dealkylation sites (tertiary alicyclic amines) is 1. The Morgan fingerprint density at radius 2 is 1.81 bits per heavy atom. The number of amides is 1. The lowest BCUT2D eigenvalue weighted by molar-refractivity contribution is -0.117. The maximum absolute atomic E-state index is 12.0. The van der Waals surface area contributed by atoms with Crippen molar-refractivity contribution in [3.8, 4) is 0 Å². The summed E-state index contributed by atoms with van der Waals surface area (Å²) in [6, 6.07) is 8.48. The lowest BCUT2D eigenvalue weighted by Gasteiger charge is -2.26. The van der Waals surface area contributed by atoms with E-state index in [4.69, 9.17) is 5.73 Å². The van der Waals surface area contributed by atoms with Crippen LogP contribution in [0.3, 0.4) is 0 Å². The van der Waals surface area contributed by atoms with Crippen LogP contribution in [0.25, 0.3) is 0 Å². The van der Waals surface area contributed by atoms with Gasteiger partial charge < -0.3 is 10.6 Å². The van der Waals surface area contributed by atoms with E-state index in [2.05, 4.69) is 29.2 Å². The van der Waals surface area contributed by atoms with Gasteiger partial charge in [-0.05, 0) is 56.1 Å². The molecule has 0 spiro atoms. The minimum absolute atomic E-state index is 0.203. The van der Waals surface area contributed by atoms with Crippen molar-refractivity contribution in [2.45, 2.75) is 32.2 Å². The average Bonchev–Trinajstić information content (AvgIpc) is 2.90. The number of nitrogens with zero attached hydrogens (tertiary/aromatic N) is 2. The zero-order valence-corrected chi connectivity index (χ0v) is 12.6. The molecule has 2 saturated heterocycles. The quantitative estimate of drug-likeness (QED) is 0.921. The maximum Gasteiger partial charge on any atom is 0.227 e. The van der Waals surface area contributed by atoms with E-state index in [0.29, 0.717) is 18.9 Å². The van der Waals surface area contributed by atoms with Gasteiger partial charge in [0.15, 0.2) is 0 Å². The molecule has 2 fully saturated rings. The molecule has 4 heteroatoms. The number of benzene rings is 1. The van der Waals surface area contributed by atoms with Crippen molar-refractivity contribution in [1.82, 2.24) is 4.90 Å². The van der Waals surface area contributed by atoms with Crippen molar-refractivity contribution in [3.05, 3.63) is 29.8 Å². The maximum atomic E-state index is 12.0. The van der Waals surface area contributed by atoms with E-state index in [0.717, 1.165) is 18.8 Å². The molecule has 0 bridgehead atoms. The van der Waals surface area contributed by atoms with Crippen LogP contribution in [0.2, 0.25) is 0 Å². The Hall–Kier alpha value is -1.39. The smallest absolute Gasteiger partial charge is 0.227 e. The summed E-state index contributed by atoms with van der Waals surface area (Å²) in [7, 11) is 0. The summed E-state index contributed by atoms with van der Waals surface area (Å²) >= 11 is 0. The van der Waals surface area contributed by atoms with Crippen LogP contribution in [0, 0.1) is 5.92 Å². The first-order valence-electron chi connectivity index (χ1n) is 8.08. The van der Waals surface area contributed by atoms with Crippen LogP contribution in [0.1, 0.15) is 31.2 Å². The van der Waals surface area contributed by atoms with Crippen molar-refractivity contribution < 1.29 is 4.79 Å². The van der Waals surface area contributed by atoms with Gasteiger partial charge in [0.25, 0.3) is 0 Å². The minimum atomic E-state index is 0.203. The summed E-state index contributed by atoms with van der Waals surface area (Å²) in [5.74, 6) is 0.514. The number of anilines is 1. The Bertz CT molecular complexity index is 479. The second-order valence-electron chi connectivity index (χ2n) is 6.31. The summed E-state index contributed by atoms with van der Waals surface area (Å²) in [5.41, 5.74) is 8.03. The highest BCUT2D eigenvalue weighted by Gasteiger charge is 2.29. The Balaban J connectivity index is 1.62. The predicted molar refractivity (Wildman–Crippen MR) is 85.1 cm³/mol. The highest BCUT2D eigenvalue weighted by atomic mass is 16.2. The zero-order valence-electron chi connectivity index (χ0n) is 12.6. The van der Waals surface area contributed by atoms with Crippen LogP contribution in [-0.4, -0.2) is 37.0 Å². The van der Waals surface area contributed by atoms with Gasteiger partial charge >= 0.3 is 0 Å². The Labute approximate surface area is 126 Å². The number of nitrogens with two attached hydrogens (primary N) is 1. The number of carbonyl (C=O) groups excluding carboxylic acids is 1. The Morgan fingerprint density at radius 1 is 1.10 bits per heavy atom. The highest BCUT2D eigenvalue weighted by molar-refractivity contribution is 5.95. The van der Waals surface area contributed by atoms with E-state index in [1.165, 1.54) is 37.9 Å². The summed E-state index contributed by atoms with van der Waals surface area (Å²) in [6.45, 7) is 4.81. The van der Waals surface area contributed by atoms with E-state index in [1.54, 1.807) is 0 Å². The molecule has 1 aromatic carbocycles. The van der Waals surface area contributed by atoms with E-state index in [9.17, 15) is 4.79 Å². The number of carbonyl (C=O) groups is 1. The second-order valence-corrected chi connectivity index (χ2v) is 6.31. The third-order valence-electron chi connectivity index (χ3n) is 4.64. The number of piperidine rings is 1. The van der Waals surface area contributed by atoms with Crippen molar-refractivity contribution in [2.75, 3.05) is 31.1 Å². The molecular weight excluding hydrogens is 262 g/mol. The summed E-state index contributed by atoms with van der Waals surface area (Å²) in [6.07, 6.45) is 4.60. The van der Waals surface area contributed by atoms with Crippen LogP contribution in [0.15, 0.2) is 24.3 Å². The SMILES string of the molecule is NCC1CC(=O)N(c2ccc(CN3CCCCC3)cc2)C1. The van der Waals surface area contributed by atoms with Crippen LogP contribution < -0.4 is 10.6 Å². The molecule has 2 N–H and O–H groups in total. The molecule has 21 heavy (non-hydrogen) atoms. The Morgan fingerprint density at radius 3 is 2.43 bits per heavy atom. The summed E-state index contributed by atoms with van der Waals surface area (Å²) in [4.78, 5) is 16.4. The fourth-order valence-corrected chi connectivity index (χ4v) is 3.35. The fraction of sp³-hybridized carbons (Fsp3) is 0.588. The molecule has 1 aromatic rings. The third-order valence-corrected chi connectivity index (χ3v) is 4.64. The summed E-state index contributed by atoms with van der Waals surface area (Å²) in [5, 5.41) is 0. The normalized spacial score (nSPS) is 23.8. The number of hydrogen-bond donors (Lipinski definition) is 1. The minimum Gasteiger partial charge on any atom is -0.330 e. The molecule has 1 atom stereocenters. The molecule has 0 aromatic heterocycles. The molecule has 0 radical (unpaired) electrons. The van der Waals surface area contributed by atoms with Crippen LogP contribution in [0.4, 0.5) is 5.69 Å². The zero-order chi connectivity index (χ0) is 14.7. The summed E-state index contributed by atoms with van der Waals surface area (Å²) < 4.78 is 0. The van der Waals surface area contributed by atoms with Crippen molar-refractivity contribution in [1.29, 1.82) is 0 Å². The third kappa shape index (κ3) is 3.44. The standard InChI is InChI=1S/C17H25N3O/c18-11-15-10-17(21)20(13-15)16-6-4-14(5-7-16)12-19-8-2-1-3-9-19/h4-7,15H,1-3,8-13,18H2. The molecule has 2 aliphatic rings. The van der Waals surface area contributed by atoms with Crippen LogP contribution in [0.5, 0.6) is 0 Å². The molecule has 3 rings (SSSR count). The van der Waals surface area contributed by atoms with Gasteiger partial charge in [-0.15, -0.1) is 0 Å². The van der Waals surface area contributed by atoms with Gasteiger partial charge in [0, 0.05) is 25.2 Å². The van der Waals surface area contributed by atoms with Gasteiger partial charge in [-0.25, -0.2) is 0 Å². The van der Waals surface area contributed by atoms with Crippen molar-refractivity contribution >= 4 is 11.6 Å². The van der Waals surface area contributed by atoms with Gasteiger partial charge in [-0.2, -0.15) is 0 Å². The molecule has 2 heterocycles. The van der Waals surface area contributed by atoms with Gasteiger partial charge in [-0.1, -0.05) is 18.6 Å². The second kappa shape index (κ2) is 6.58. The molecule has 114 valence electrons. The number of rotatable bonds is 4. The average molecular weight is 287 g/mol. The lowest BCUT2D eigenvalue weighted by Crippen LogP contribution is -2.29. The van der Waals surface area contributed by atoms with Crippen molar-refractivity contribution in [3.63, 3.8) is 0 Å². The first-order valence-corrected chi connectivity index (χ1v) is 8.08. The van der Waals surface area contributed by atoms with Crippen molar-refractivity contribution in [2.24, 2.45) is 11.7 Å². The molecule has 0 aliphatic carbocycles. The number of hydrogen-bond acceptors (Lipinski definition) is 3. The molecule has 4 nitrogen and oxygen atoms in total. The van der Waals surface area contributed by atoms with Crippen LogP contribution in [-0.2, 0) is 11.3 Å². The monoisotopic (exact) mass is 287 g/mol.